The summed E-state index contributed by atoms with van der Waals surface area (Å²) in [6.07, 6.45) is 0.878. The molecule has 0 spiro atoms. The van der Waals surface area contributed by atoms with Crippen molar-refractivity contribution in [3.8, 4) is 11.5 Å². The highest BCUT2D eigenvalue weighted by molar-refractivity contribution is 6.32. The van der Waals surface area contributed by atoms with E-state index in [1.54, 1.807) is 0 Å². The van der Waals surface area contributed by atoms with Crippen LogP contribution in [0.25, 0.3) is 0 Å². The third kappa shape index (κ3) is 2.99. The minimum Gasteiger partial charge on any atom is -0.489 e. The Hall–Kier alpha value is -1.87. The van der Waals surface area contributed by atoms with Gasteiger partial charge in [0, 0.05) is 18.7 Å². The molecule has 3 rings (SSSR count). The summed E-state index contributed by atoms with van der Waals surface area (Å²) in [5.74, 6) is 1.40. The zero-order chi connectivity index (χ0) is 13.8. The molecule has 20 heavy (non-hydrogen) atoms. The van der Waals surface area contributed by atoms with E-state index >= 15 is 0 Å². The molecule has 0 saturated heterocycles. The van der Waals surface area contributed by atoms with Crippen molar-refractivity contribution in [2.24, 2.45) is 0 Å². The van der Waals surface area contributed by atoms with Crippen LogP contribution in [-0.4, -0.2) is 13.2 Å². The van der Waals surface area contributed by atoms with Crippen LogP contribution in [0.5, 0.6) is 11.5 Å². The second-order valence-electron chi connectivity index (χ2n) is 4.67. The summed E-state index contributed by atoms with van der Waals surface area (Å²) < 4.78 is 11.3. The van der Waals surface area contributed by atoms with E-state index in [-0.39, 0.29) is 0 Å². The molecule has 0 atom stereocenters. The highest BCUT2D eigenvalue weighted by atomic mass is 35.5. The molecule has 104 valence electrons. The Morgan fingerprint density at radius 1 is 1.05 bits per heavy atom. The monoisotopic (exact) mass is 289 g/mol. The van der Waals surface area contributed by atoms with E-state index in [2.05, 4.69) is 5.32 Å². The standard InChI is InChI=1S/C16H16ClNO2/c17-14-9-12(11-18-13-5-2-1-3-6-13)10-15-16(14)20-8-4-7-19-15/h1-3,5-6,9-10,18H,4,7-8,11H2. The Balaban J connectivity index is 1.77. The first-order valence-corrected chi connectivity index (χ1v) is 7.08. The molecule has 0 bridgehead atoms. The Morgan fingerprint density at radius 2 is 1.85 bits per heavy atom. The first-order chi connectivity index (χ1) is 9.83. The van der Waals surface area contributed by atoms with Gasteiger partial charge in [0.15, 0.2) is 11.5 Å². The maximum atomic E-state index is 6.27. The van der Waals surface area contributed by atoms with E-state index in [0.29, 0.717) is 30.5 Å². The van der Waals surface area contributed by atoms with Crippen LogP contribution in [0.3, 0.4) is 0 Å². The van der Waals surface area contributed by atoms with Gasteiger partial charge in [0.05, 0.1) is 18.2 Å². The van der Waals surface area contributed by atoms with Crippen molar-refractivity contribution in [3.63, 3.8) is 0 Å². The Bertz CT molecular complexity index is 587. The van der Waals surface area contributed by atoms with E-state index < -0.39 is 0 Å². The maximum Gasteiger partial charge on any atom is 0.179 e. The van der Waals surface area contributed by atoms with Crippen LogP contribution in [-0.2, 0) is 6.54 Å². The number of ether oxygens (including phenoxy) is 2. The van der Waals surface area contributed by atoms with Crippen molar-refractivity contribution < 1.29 is 9.47 Å². The number of para-hydroxylation sites is 1. The summed E-state index contributed by atoms with van der Waals surface area (Å²) in [7, 11) is 0. The maximum absolute atomic E-state index is 6.27. The molecule has 1 N–H and O–H groups in total. The molecule has 0 fully saturated rings. The zero-order valence-corrected chi connectivity index (χ0v) is 11.8. The van der Waals surface area contributed by atoms with Gasteiger partial charge in [-0.05, 0) is 29.8 Å². The average molecular weight is 290 g/mol. The lowest BCUT2D eigenvalue weighted by molar-refractivity contribution is 0.297. The molecule has 1 aliphatic rings. The topological polar surface area (TPSA) is 30.5 Å². The SMILES string of the molecule is Clc1cc(CNc2ccccc2)cc2c1OCCCO2. The molecule has 1 heterocycles. The van der Waals surface area contributed by atoms with Gasteiger partial charge in [-0.3, -0.25) is 0 Å². The molecule has 0 amide bonds. The minimum atomic E-state index is 0.606. The smallest absolute Gasteiger partial charge is 0.179 e. The molecule has 1 aliphatic heterocycles. The van der Waals surface area contributed by atoms with Gasteiger partial charge >= 0.3 is 0 Å². The van der Waals surface area contributed by atoms with Crippen LogP contribution in [0, 0.1) is 0 Å². The largest absolute Gasteiger partial charge is 0.489 e. The van der Waals surface area contributed by atoms with Gasteiger partial charge in [-0.25, -0.2) is 0 Å². The van der Waals surface area contributed by atoms with E-state index in [0.717, 1.165) is 23.4 Å². The molecule has 0 saturated carbocycles. The van der Waals surface area contributed by atoms with Crippen LogP contribution in [0.4, 0.5) is 5.69 Å². The summed E-state index contributed by atoms with van der Waals surface area (Å²) in [6.45, 7) is 2.01. The fourth-order valence-corrected chi connectivity index (χ4v) is 2.43. The highest BCUT2D eigenvalue weighted by Gasteiger charge is 2.15. The fraction of sp³-hybridized carbons (Fsp3) is 0.250. The van der Waals surface area contributed by atoms with E-state index in [4.69, 9.17) is 21.1 Å². The summed E-state index contributed by atoms with van der Waals surface area (Å²) >= 11 is 6.27. The highest BCUT2D eigenvalue weighted by Crippen LogP contribution is 2.38. The first kappa shape index (κ1) is 13.1. The van der Waals surface area contributed by atoms with E-state index in [1.165, 1.54) is 0 Å². The lowest BCUT2D eigenvalue weighted by Gasteiger charge is -2.12. The molecule has 0 radical (unpaired) electrons. The van der Waals surface area contributed by atoms with Crippen molar-refractivity contribution in [2.75, 3.05) is 18.5 Å². The minimum absolute atomic E-state index is 0.606. The second kappa shape index (κ2) is 6.06. The molecule has 0 aliphatic carbocycles. The van der Waals surface area contributed by atoms with Crippen LogP contribution in [0.1, 0.15) is 12.0 Å². The van der Waals surface area contributed by atoms with Crippen LogP contribution in [0.2, 0.25) is 5.02 Å². The Kier molecular flexibility index (Phi) is 3.97. The van der Waals surface area contributed by atoms with Crippen molar-refractivity contribution in [3.05, 3.63) is 53.1 Å². The first-order valence-electron chi connectivity index (χ1n) is 6.70. The quantitative estimate of drug-likeness (QED) is 0.922. The average Bonchev–Trinajstić information content (AvgIpc) is 2.72. The summed E-state index contributed by atoms with van der Waals surface area (Å²) in [5.41, 5.74) is 2.15. The number of fused-ring (bicyclic) bond motifs is 1. The summed E-state index contributed by atoms with van der Waals surface area (Å²) in [4.78, 5) is 0. The predicted molar refractivity (Wildman–Crippen MR) is 80.8 cm³/mol. The third-order valence-corrected chi connectivity index (χ3v) is 3.41. The van der Waals surface area contributed by atoms with Crippen molar-refractivity contribution in [2.45, 2.75) is 13.0 Å². The molecule has 0 aromatic heterocycles. The van der Waals surface area contributed by atoms with Crippen LogP contribution in [0.15, 0.2) is 42.5 Å². The Labute approximate surface area is 123 Å². The van der Waals surface area contributed by atoms with Gasteiger partial charge in [-0.2, -0.15) is 0 Å². The molecule has 3 nitrogen and oxygen atoms in total. The predicted octanol–water partition coefficient (Wildman–Crippen LogP) is 4.11. The van der Waals surface area contributed by atoms with Gasteiger partial charge in [0.1, 0.15) is 0 Å². The van der Waals surface area contributed by atoms with E-state index in [1.807, 2.05) is 42.5 Å². The van der Waals surface area contributed by atoms with E-state index in [9.17, 15) is 0 Å². The molecule has 2 aromatic carbocycles. The number of anilines is 1. The van der Waals surface area contributed by atoms with Gasteiger partial charge in [-0.1, -0.05) is 29.8 Å². The molecular formula is C16H16ClNO2. The van der Waals surface area contributed by atoms with Gasteiger partial charge in [0.2, 0.25) is 0 Å². The molecule has 0 unspecified atom stereocenters. The lowest BCUT2D eigenvalue weighted by Crippen LogP contribution is -2.01. The summed E-state index contributed by atoms with van der Waals surface area (Å²) in [6, 6.07) is 14.0. The van der Waals surface area contributed by atoms with Crippen molar-refractivity contribution in [1.82, 2.24) is 0 Å². The normalized spacial score (nSPS) is 13.7. The van der Waals surface area contributed by atoms with Crippen LogP contribution < -0.4 is 14.8 Å². The lowest BCUT2D eigenvalue weighted by atomic mass is 10.2. The fourth-order valence-electron chi connectivity index (χ4n) is 2.15. The van der Waals surface area contributed by atoms with Gasteiger partial charge in [-0.15, -0.1) is 0 Å². The Morgan fingerprint density at radius 3 is 2.70 bits per heavy atom. The van der Waals surface area contributed by atoms with Crippen molar-refractivity contribution in [1.29, 1.82) is 0 Å². The zero-order valence-electron chi connectivity index (χ0n) is 11.1. The van der Waals surface area contributed by atoms with Gasteiger partial charge < -0.3 is 14.8 Å². The summed E-state index contributed by atoms with van der Waals surface area (Å²) in [5, 5.41) is 3.96. The third-order valence-electron chi connectivity index (χ3n) is 3.13. The van der Waals surface area contributed by atoms with Crippen LogP contribution >= 0.6 is 11.6 Å². The molecule has 2 aromatic rings. The number of halogens is 1. The number of rotatable bonds is 3. The number of benzene rings is 2. The molecule has 4 heteroatoms. The number of hydrogen-bond acceptors (Lipinski definition) is 3. The van der Waals surface area contributed by atoms with Gasteiger partial charge in [0.25, 0.3) is 0 Å². The molecular weight excluding hydrogens is 274 g/mol. The number of nitrogens with one attached hydrogen (secondary N) is 1. The number of hydrogen-bond donors (Lipinski definition) is 1. The second-order valence-corrected chi connectivity index (χ2v) is 5.08. The van der Waals surface area contributed by atoms with Crippen molar-refractivity contribution >= 4 is 17.3 Å².